The van der Waals surface area contributed by atoms with E-state index in [0.717, 1.165) is 3.57 Å². The van der Waals surface area contributed by atoms with Crippen LogP contribution >= 0.6 is 34.2 Å². The number of carbonyl (C=O) groups excluding carboxylic acids is 1. The second-order valence-corrected chi connectivity index (χ2v) is 5.51. The van der Waals surface area contributed by atoms with Crippen molar-refractivity contribution in [3.8, 4) is 0 Å². The molecule has 0 aliphatic carbocycles. The van der Waals surface area contributed by atoms with Gasteiger partial charge >= 0.3 is 0 Å². The number of para-hydroxylation sites is 1. The second kappa shape index (κ2) is 6.19. The van der Waals surface area contributed by atoms with Gasteiger partial charge in [0, 0.05) is 9.64 Å². The predicted octanol–water partition coefficient (Wildman–Crippen LogP) is 4.11. The third-order valence-corrected chi connectivity index (χ3v) is 3.51. The van der Waals surface area contributed by atoms with Crippen LogP contribution in [0.15, 0.2) is 42.5 Å². The Bertz CT molecular complexity index is 691. The van der Waals surface area contributed by atoms with Crippen molar-refractivity contribution < 1.29 is 9.72 Å². The molecule has 0 heterocycles. The molecule has 7 heteroatoms. The molecule has 2 rings (SSSR count). The van der Waals surface area contributed by atoms with Crippen LogP contribution in [0.3, 0.4) is 0 Å². The van der Waals surface area contributed by atoms with Gasteiger partial charge < -0.3 is 5.32 Å². The van der Waals surface area contributed by atoms with E-state index in [4.69, 9.17) is 11.6 Å². The third-order valence-electron chi connectivity index (χ3n) is 2.52. The highest BCUT2D eigenvalue weighted by Crippen LogP contribution is 2.25. The van der Waals surface area contributed by atoms with Gasteiger partial charge in [0.2, 0.25) is 0 Å². The lowest BCUT2D eigenvalue weighted by atomic mass is 10.1. The van der Waals surface area contributed by atoms with Crippen molar-refractivity contribution in [2.45, 2.75) is 0 Å². The largest absolute Gasteiger partial charge is 0.320 e. The molecular weight excluding hydrogens is 395 g/mol. The lowest BCUT2D eigenvalue weighted by Gasteiger charge is -2.07. The Hall–Kier alpha value is -1.67. The molecule has 0 radical (unpaired) electrons. The van der Waals surface area contributed by atoms with E-state index in [9.17, 15) is 14.9 Å². The minimum atomic E-state index is -0.593. The summed E-state index contributed by atoms with van der Waals surface area (Å²) in [6.07, 6.45) is 0. The first-order chi connectivity index (χ1) is 9.49. The summed E-state index contributed by atoms with van der Waals surface area (Å²) < 4.78 is 0.927. The van der Waals surface area contributed by atoms with Crippen molar-refractivity contribution in [2.75, 3.05) is 5.32 Å². The second-order valence-electron chi connectivity index (χ2n) is 3.85. The van der Waals surface area contributed by atoms with Crippen LogP contribution in [0.2, 0.25) is 5.02 Å². The summed E-state index contributed by atoms with van der Waals surface area (Å²) in [5.74, 6) is -0.569. The fraction of sp³-hybridized carbons (Fsp3) is 0. The van der Waals surface area contributed by atoms with Gasteiger partial charge in [-0.15, -0.1) is 0 Å². The first-order valence-electron chi connectivity index (χ1n) is 5.49. The number of benzene rings is 2. The summed E-state index contributed by atoms with van der Waals surface area (Å²) in [4.78, 5) is 22.4. The molecule has 2 aromatic rings. The summed E-state index contributed by atoms with van der Waals surface area (Å²) in [5.41, 5.74) is 0.161. The third kappa shape index (κ3) is 3.26. The average molecular weight is 403 g/mol. The van der Waals surface area contributed by atoms with Gasteiger partial charge in [0.05, 0.1) is 15.6 Å². The van der Waals surface area contributed by atoms with E-state index in [-0.39, 0.29) is 11.3 Å². The van der Waals surface area contributed by atoms with Crippen molar-refractivity contribution in [1.82, 2.24) is 0 Å². The Balaban J connectivity index is 2.31. The highest BCUT2D eigenvalue weighted by Gasteiger charge is 2.19. The van der Waals surface area contributed by atoms with E-state index < -0.39 is 10.8 Å². The maximum absolute atomic E-state index is 12.1. The molecule has 0 saturated carbocycles. The zero-order valence-corrected chi connectivity index (χ0v) is 12.9. The Morgan fingerprint density at radius 1 is 1.25 bits per heavy atom. The molecule has 102 valence electrons. The van der Waals surface area contributed by atoms with Gasteiger partial charge in [0.15, 0.2) is 0 Å². The lowest BCUT2D eigenvalue weighted by Crippen LogP contribution is -2.14. The van der Waals surface area contributed by atoms with Crippen LogP contribution in [0.4, 0.5) is 11.4 Å². The van der Waals surface area contributed by atoms with E-state index in [0.29, 0.717) is 10.7 Å². The summed E-state index contributed by atoms with van der Waals surface area (Å²) in [6.45, 7) is 0. The van der Waals surface area contributed by atoms with E-state index in [1.165, 1.54) is 18.2 Å². The van der Waals surface area contributed by atoms with Crippen molar-refractivity contribution in [3.05, 3.63) is 66.7 Å². The molecule has 0 unspecified atom stereocenters. The quantitative estimate of drug-likeness (QED) is 0.477. The maximum atomic E-state index is 12.1. The molecule has 20 heavy (non-hydrogen) atoms. The number of nitro benzene ring substituents is 1. The van der Waals surface area contributed by atoms with Crippen LogP contribution in [0.25, 0.3) is 0 Å². The van der Waals surface area contributed by atoms with Crippen LogP contribution in [0.5, 0.6) is 0 Å². The Morgan fingerprint density at radius 3 is 2.60 bits per heavy atom. The van der Waals surface area contributed by atoms with Crippen molar-refractivity contribution >= 4 is 51.5 Å². The SMILES string of the molecule is O=C(Nc1ccc(I)cc1Cl)c1ccccc1[N+](=O)[O-]. The van der Waals surface area contributed by atoms with Crippen LogP contribution in [0, 0.1) is 13.7 Å². The number of hydrogen-bond acceptors (Lipinski definition) is 3. The van der Waals surface area contributed by atoms with Gasteiger partial charge in [0.1, 0.15) is 5.56 Å². The fourth-order valence-electron chi connectivity index (χ4n) is 1.61. The van der Waals surface area contributed by atoms with Gasteiger partial charge in [-0.25, -0.2) is 0 Å². The fourth-order valence-corrected chi connectivity index (χ4v) is 2.51. The summed E-state index contributed by atoms with van der Waals surface area (Å²) in [7, 11) is 0. The molecule has 0 spiro atoms. The average Bonchev–Trinajstić information content (AvgIpc) is 2.41. The molecule has 1 amide bonds. The first kappa shape index (κ1) is 14.7. The minimum absolute atomic E-state index is 0.00730. The molecule has 2 aromatic carbocycles. The van der Waals surface area contributed by atoms with E-state index >= 15 is 0 Å². The van der Waals surface area contributed by atoms with Gasteiger partial charge in [-0.05, 0) is 46.9 Å². The number of nitrogens with one attached hydrogen (secondary N) is 1. The molecule has 0 atom stereocenters. The Labute approximate surface area is 133 Å². The van der Waals surface area contributed by atoms with E-state index in [2.05, 4.69) is 27.9 Å². The molecule has 0 aliphatic heterocycles. The summed E-state index contributed by atoms with van der Waals surface area (Å²) in [5, 5.41) is 13.8. The molecular formula is C13H8ClIN2O3. The number of carbonyl (C=O) groups is 1. The van der Waals surface area contributed by atoms with Crippen LogP contribution < -0.4 is 5.32 Å². The molecule has 0 aromatic heterocycles. The maximum Gasteiger partial charge on any atom is 0.282 e. The molecule has 5 nitrogen and oxygen atoms in total. The smallest absolute Gasteiger partial charge is 0.282 e. The van der Waals surface area contributed by atoms with Gasteiger partial charge in [-0.3, -0.25) is 14.9 Å². The minimum Gasteiger partial charge on any atom is -0.320 e. The molecule has 0 bridgehead atoms. The normalized spacial score (nSPS) is 10.1. The van der Waals surface area contributed by atoms with E-state index in [1.807, 2.05) is 0 Å². The first-order valence-corrected chi connectivity index (χ1v) is 6.94. The Kier molecular flexibility index (Phi) is 4.56. The molecule has 1 N–H and O–H groups in total. The van der Waals surface area contributed by atoms with Gasteiger partial charge in [-0.2, -0.15) is 0 Å². The van der Waals surface area contributed by atoms with Gasteiger partial charge in [0.25, 0.3) is 11.6 Å². The van der Waals surface area contributed by atoms with Crippen LogP contribution in [0.1, 0.15) is 10.4 Å². The van der Waals surface area contributed by atoms with Crippen LogP contribution in [-0.4, -0.2) is 10.8 Å². The molecule has 0 saturated heterocycles. The number of nitrogens with zero attached hydrogens (tertiary/aromatic N) is 1. The summed E-state index contributed by atoms with van der Waals surface area (Å²) in [6, 6.07) is 10.9. The van der Waals surface area contributed by atoms with Crippen LogP contribution in [-0.2, 0) is 0 Å². The van der Waals surface area contributed by atoms with Crippen molar-refractivity contribution in [3.63, 3.8) is 0 Å². The number of amides is 1. The lowest BCUT2D eigenvalue weighted by molar-refractivity contribution is -0.385. The van der Waals surface area contributed by atoms with Crippen molar-refractivity contribution in [1.29, 1.82) is 0 Å². The highest BCUT2D eigenvalue weighted by atomic mass is 127. The zero-order chi connectivity index (χ0) is 14.7. The zero-order valence-electron chi connectivity index (χ0n) is 9.97. The topological polar surface area (TPSA) is 72.2 Å². The number of rotatable bonds is 3. The summed E-state index contributed by atoms with van der Waals surface area (Å²) >= 11 is 8.10. The monoisotopic (exact) mass is 402 g/mol. The number of anilines is 1. The number of nitro groups is 1. The molecule has 0 aliphatic rings. The standard InChI is InChI=1S/C13H8ClIN2O3/c14-10-7-8(15)5-6-11(10)16-13(18)9-3-1-2-4-12(9)17(19)20/h1-7H,(H,16,18). The Morgan fingerprint density at radius 2 is 1.95 bits per heavy atom. The number of hydrogen-bond donors (Lipinski definition) is 1. The highest BCUT2D eigenvalue weighted by molar-refractivity contribution is 14.1. The molecule has 0 fully saturated rings. The number of halogens is 2. The predicted molar refractivity (Wildman–Crippen MR) is 85.2 cm³/mol. The van der Waals surface area contributed by atoms with Gasteiger partial charge in [-0.1, -0.05) is 23.7 Å². The van der Waals surface area contributed by atoms with E-state index in [1.54, 1.807) is 24.3 Å². The van der Waals surface area contributed by atoms with Crippen molar-refractivity contribution in [2.24, 2.45) is 0 Å².